The van der Waals surface area contributed by atoms with Crippen LogP contribution in [0.25, 0.3) is 11.3 Å². The largest absolute Gasteiger partial charge is 0.338 e. The third-order valence-electron chi connectivity index (χ3n) is 4.51. The summed E-state index contributed by atoms with van der Waals surface area (Å²) in [5, 5.41) is 0.752. The number of thioether (sulfide) groups is 1. The molecule has 9 heteroatoms. The molecule has 1 aliphatic rings. The van der Waals surface area contributed by atoms with E-state index in [-0.39, 0.29) is 5.91 Å². The van der Waals surface area contributed by atoms with E-state index in [9.17, 15) is 4.79 Å². The van der Waals surface area contributed by atoms with Crippen molar-refractivity contribution in [3.63, 3.8) is 0 Å². The molecule has 2 aromatic heterocycles. The number of amides is 1. The van der Waals surface area contributed by atoms with E-state index in [1.165, 1.54) is 11.8 Å². The van der Waals surface area contributed by atoms with Gasteiger partial charge in [-0.05, 0) is 23.8 Å². The molecule has 0 bridgehead atoms. The third-order valence-corrected chi connectivity index (χ3v) is 5.91. The highest BCUT2D eigenvalue weighted by Gasteiger charge is 2.22. The Kier molecular flexibility index (Phi) is 5.92. The number of imidazole rings is 1. The first-order valence-electron chi connectivity index (χ1n) is 8.92. The quantitative estimate of drug-likeness (QED) is 0.591. The molecule has 1 amide bonds. The lowest BCUT2D eigenvalue weighted by molar-refractivity contribution is -0.128. The predicted molar refractivity (Wildman–Crippen MR) is 113 cm³/mol. The number of carbonyl (C=O) groups excluding carboxylic acids is 1. The molecule has 0 radical (unpaired) electrons. The molecule has 28 heavy (non-hydrogen) atoms. The number of rotatable bonds is 5. The average molecular weight is 459 g/mol. The standard InChI is InChI=1S/C19H19BrN6OS/c20-15-4-2-14(3-5-15)16-12-23-19(24-16)28-13-17(27)25-8-10-26(11-9-25)18-21-6-1-7-22-18/h1-7,12H,8-11,13H2,(H,23,24). The minimum atomic E-state index is 0.125. The number of anilines is 1. The zero-order valence-electron chi connectivity index (χ0n) is 15.1. The van der Waals surface area contributed by atoms with Crippen molar-refractivity contribution in [3.8, 4) is 11.3 Å². The van der Waals surface area contributed by atoms with Gasteiger partial charge in [0.1, 0.15) is 0 Å². The highest BCUT2D eigenvalue weighted by Crippen LogP contribution is 2.23. The minimum absolute atomic E-state index is 0.125. The second-order valence-corrected chi connectivity index (χ2v) is 8.19. The summed E-state index contributed by atoms with van der Waals surface area (Å²) in [5.41, 5.74) is 2.01. The molecule has 1 N–H and O–H groups in total. The van der Waals surface area contributed by atoms with Crippen molar-refractivity contribution >= 4 is 39.5 Å². The normalized spacial score (nSPS) is 14.3. The maximum absolute atomic E-state index is 12.5. The first-order chi connectivity index (χ1) is 13.7. The van der Waals surface area contributed by atoms with Crippen molar-refractivity contribution in [2.24, 2.45) is 0 Å². The third kappa shape index (κ3) is 4.53. The Bertz CT molecular complexity index is 925. The first kappa shape index (κ1) is 18.9. The van der Waals surface area contributed by atoms with Crippen LogP contribution in [0.1, 0.15) is 0 Å². The van der Waals surface area contributed by atoms with Gasteiger partial charge in [-0.15, -0.1) is 0 Å². The number of aromatic amines is 1. The smallest absolute Gasteiger partial charge is 0.233 e. The second-order valence-electron chi connectivity index (χ2n) is 6.31. The highest BCUT2D eigenvalue weighted by atomic mass is 79.9. The lowest BCUT2D eigenvalue weighted by Gasteiger charge is -2.34. The van der Waals surface area contributed by atoms with Crippen LogP contribution in [0.5, 0.6) is 0 Å². The van der Waals surface area contributed by atoms with Crippen molar-refractivity contribution in [2.45, 2.75) is 5.16 Å². The number of piperazine rings is 1. The van der Waals surface area contributed by atoms with Crippen LogP contribution in [-0.2, 0) is 4.79 Å². The molecule has 0 atom stereocenters. The summed E-state index contributed by atoms with van der Waals surface area (Å²) in [7, 11) is 0. The number of hydrogen-bond donors (Lipinski definition) is 1. The van der Waals surface area contributed by atoms with E-state index in [4.69, 9.17) is 0 Å². The number of hydrogen-bond acceptors (Lipinski definition) is 6. The van der Waals surface area contributed by atoms with Crippen molar-refractivity contribution in [3.05, 3.63) is 53.4 Å². The number of aromatic nitrogens is 4. The van der Waals surface area contributed by atoms with E-state index in [2.05, 4.69) is 40.8 Å². The molecule has 0 unspecified atom stereocenters. The zero-order chi connectivity index (χ0) is 19.3. The van der Waals surface area contributed by atoms with Crippen LogP contribution in [-0.4, -0.2) is 62.7 Å². The number of nitrogens with zero attached hydrogens (tertiary/aromatic N) is 5. The molecule has 0 spiro atoms. The number of halogens is 1. The molecule has 1 fully saturated rings. The number of nitrogens with one attached hydrogen (secondary N) is 1. The molecule has 1 aromatic carbocycles. The van der Waals surface area contributed by atoms with Gasteiger partial charge >= 0.3 is 0 Å². The lowest BCUT2D eigenvalue weighted by Crippen LogP contribution is -2.49. The molecule has 0 saturated carbocycles. The van der Waals surface area contributed by atoms with Crippen molar-refractivity contribution < 1.29 is 4.79 Å². The number of carbonyl (C=O) groups is 1. The molecule has 0 aliphatic carbocycles. The minimum Gasteiger partial charge on any atom is -0.338 e. The van der Waals surface area contributed by atoms with E-state index in [1.807, 2.05) is 29.2 Å². The maximum Gasteiger partial charge on any atom is 0.233 e. The Morgan fingerprint density at radius 2 is 1.79 bits per heavy atom. The number of H-pyrrole nitrogens is 1. The van der Waals surface area contributed by atoms with Gasteiger partial charge in [-0.3, -0.25) is 4.79 Å². The molecule has 3 heterocycles. The van der Waals surface area contributed by atoms with Gasteiger partial charge in [0, 0.05) is 43.0 Å². The van der Waals surface area contributed by atoms with E-state index in [1.54, 1.807) is 24.7 Å². The van der Waals surface area contributed by atoms with Gasteiger partial charge in [0.25, 0.3) is 0 Å². The van der Waals surface area contributed by atoms with Crippen LogP contribution in [0.4, 0.5) is 5.95 Å². The van der Waals surface area contributed by atoms with Gasteiger partial charge < -0.3 is 14.8 Å². The van der Waals surface area contributed by atoms with Gasteiger partial charge in [-0.25, -0.2) is 15.0 Å². The summed E-state index contributed by atoms with van der Waals surface area (Å²) in [6.45, 7) is 2.85. The van der Waals surface area contributed by atoms with Crippen LogP contribution in [0.3, 0.4) is 0 Å². The monoisotopic (exact) mass is 458 g/mol. The van der Waals surface area contributed by atoms with Crippen LogP contribution >= 0.6 is 27.7 Å². The van der Waals surface area contributed by atoms with Gasteiger partial charge in [-0.2, -0.15) is 0 Å². The van der Waals surface area contributed by atoms with E-state index in [0.29, 0.717) is 18.8 Å². The molecule has 3 aromatic rings. The molecular weight excluding hydrogens is 440 g/mol. The SMILES string of the molecule is O=C(CSc1ncc(-c2ccc(Br)cc2)[nH]1)N1CCN(c2ncccn2)CC1. The Morgan fingerprint density at radius 3 is 2.50 bits per heavy atom. The first-order valence-corrected chi connectivity index (χ1v) is 10.7. The molecule has 1 aliphatic heterocycles. The van der Waals surface area contributed by atoms with Crippen molar-refractivity contribution in [1.82, 2.24) is 24.8 Å². The predicted octanol–water partition coefficient (Wildman–Crippen LogP) is 3.07. The van der Waals surface area contributed by atoms with E-state index >= 15 is 0 Å². The fourth-order valence-corrected chi connectivity index (χ4v) is 4.00. The molecule has 4 rings (SSSR count). The molecular formula is C19H19BrN6OS. The van der Waals surface area contributed by atoms with Gasteiger partial charge in [0.05, 0.1) is 17.6 Å². The summed E-state index contributed by atoms with van der Waals surface area (Å²) in [6.07, 6.45) is 5.28. The summed E-state index contributed by atoms with van der Waals surface area (Å²) >= 11 is 4.87. The Morgan fingerprint density at radius 1 is 1.07 bits per heavy atom. The van der Waals surface area contributed by atoms with Gasteiger partial charge in [-0.1, -0.05) is 39.8 Å². The molecule has 7 nitrogen and oxygen atoms in total. The summed E-state index contributed by atoms with van der Waals surface area (Å²) in [5.74, 6) is 1.22. The number of benzene rings is 1. The topological polar surface area (TPSA) is 78.0 Å². The Labute approximate surface area is 175 Å². The fourth-order valence-electron chi connectivity index (χ4n) is 2.98. The van der Waals surface area contributed by atoms with Crippen LogP contribution in [0.2, 0.25) is 0 Å². The summed E-state index contributed by atoms with van der Waals surface area (Å²) < 4.78 is 1.04. The van der Waals surface area contributed by atoms with E-state index in [0.717, 1.165) is 39.9 Å². The highest BCUT2D eigenvalue weighted by molar-refractivity contribution is 9.10. The van der Waals surface area contributed by atoms with E-state index < -0.39 is 0 Å². The lowest BCUT2D eigenvalue weighted by atomic mass is 10.2. The van der Waals surface area contributed by atoms with Gasteiger partial charge in [0.15, 0.2) is 5.16 Å². The van der Waals surface area contributed by atoms with Crippen LogP contribution in [0, 0.1) is 0 Å². The average Bonchev–Trinajstić information content (AvgIpc) is 3.22. The maximum atomic E-state index is 12.5. The van der Waals surface area contributed by atoms with Crippen molar-refractivity contribution in [1.29, 1.82) is 0 Å². The van der Waals surface area contributed by atoms with Crippen LogP contribution in [0.15, 0.2) is 58.6 Å². The Balaban J connectivity index is 1.28. The Hall–Kier alpha value is -2.39. The molecule has 1 saturated heterocycles. The van der Waals surface area contributed by atoms with Crippen LogP contribution < -0.4 is 4.90 Å². The molecule has 144 valence electrons. The zero-order valence-corrected chi connectivity index (χ0v) is 17.5. The fraction of sp³-hybridized carbons (Fsp3) is 0.263. The second kappa shape index (κ2) is 8.74. The summed E-state index contributed by atoms with van der Waals surface area (Å²) in [4.78, 5) is 32.7. The van der Waals surface area contributed by atoms with Crippen molar-refractivity contribution in [2.75, 3.05) is 36.8 Å². The van der Waals surface area contributed by atoms with Gasteiger partial charge in [0.2, 0.25) is 11.9 Å². The summed E-state index contributed by atoms with van der Waals surface area (Å²) in [6, 6.07) is 9.83.